The monoisotopic (exact) mass is 438 g/mol. The molecule has 1 unspecified atom stereocenters. The second-order valence-corrected chi connectivity index (χ2v) is 7.42. The molecule has 0 saturated carbocycles. The van der Waals surface area contributed by atoms with Gasteiger partial charge in [0.1, 0.15) is 11.6 Å². The number of hydrogen-bond donors (Lipinski definition) is 2. The molecule has 3 aromatic rings. The van der Waals surface area contributed by atoms with E-state index >= 15 is 0 Å². The lowest BCUT2D eigenvalue weighted by molar-refractivity contribution is 0.0858. The van der Waals surface area contributed by atoms with E-state index in [2.05, 4.69) is 15.7 Å². The largest absolute Gasteiger partial charge is 0.453 e. The minimum absolute atomic E-state index is 0.0475. The molecule has 2 aromatic carbocycles. The Balaban J connectivity index is 1.53. The van der Waals surface area contributed by atoms with Crippen LogP contribution in [0.15, 0.2) is 59.5 Å². The van der Waals surface area contributed by atoms with Gasteiger partial charge in [0.05, 0.1) is 12.3 Å². The zero-order chi connectivity index (χ0) is 22.5. The number of halogens is 1. The summed E-state index contributed by atoms with van der Waals surface area (Å²) in [5.74, 6) is -0.0957. The molecule has 1 aliphatic heterocycles. The van der Waals surface area contributed by atoms with Crippen molar-refractivity contribution in [2.45, 2.75) is 18.9 Å². The third-order valence-corrected chi connectivity index (χ3v) is 5.05. The molecule has 2 heterocycles. The van der Waals surface area contributed by atoms with Crippen molar-refractivity contribution in [2.24, 2.45) is 7.05 Å². The van der Waals surface area contributed by atoms with Crippen LogP contribution in [-0.2, 0) is 11.8 Å². The minimum atomic E-state index is -0.419. The molecular formula is C23H23FN4O4. The first-order chi connectivity index (χ1) is 15.5. The fourth-order valence-corrected chi connectivity index (χ4v) is 3.34. The van der Waals surface area contributed by atoms with Crippen LogP contribution in [0.1, 0.15) is 23.2 Å². The molecule has 1 amide bonds. The summed E-state index contributed by atoms with van der Waals surface area (Å²) in [4.78, 5) is 25.2. The number of aromatic nitrogens is 2. The minimum Gasteiger partial charge on any atom is -0.453 e. The summed E-state index contributed by atoms with van der Waals surface area (Å²) in [5.41, 5.74) is 0.698. The van der Waals surface area contributed by atoms with Gasteiger partial charge in [-0.1, -0.05) is 6.07 Å². The maximum atomic E-state index is 13.2. The topological polar surface area (TPSA) is 94.5 Å². The third-order valence-electron chi connectivity index (χ3n) is 5.05. The van der Waals surface area contributed by atoms with Gasteiger partial charge in [-0.15, -0.1) is 0 Å². The summed E-state index contributed by atoms with van der Waals surface area (Å²) < 4.78 is 25.6. The molecular weight excluding hydrogens is 415 g/mol. The van der Waals surface area contributed by atoms with Gasteiger partial charge >= 0.3 is 0 Å². The van der Waals surface area contributed by atoms with Crippen molar-refractivity contribution < 1.29 is 18.7 Å². The number of aryl methyl sites for hydroxylation is 1. The van der Waals surface area contributed by atoms with Crippen LogP contribution >= 0.6 is 0 Å². The lowest BCUT2D eigenvalue weighted by Crippen LogP contribution is -2.31. The molecule has 0 spiro atoms. The van der Waals surface area contributed by atoms with Crippen LogP contribution in [0, 0.1) is 5.82 Å². The molecule has 1 aliphatic rings. The maximum Gasteiger partial charge on any atom is 0.294 e. The number of nitrogens with one attached hydrogen (secondary N) is 2. The number of nitrogens with zero attached hydrogens (tertiary/aromatic N) is 2. The highest BCUT2D eigenvalue weighted by molar-refractivity contribution is 5.95. The summed E-state index contributed by atoms with van der Waals surface area (Å²) in [6.45, 7) is 1.18. The number of benzene rings is 2. The summed E-state index contributed by atoms with van der Waals surface area (Å²) >= 11 is 0. The smallest absolute Gasteiger partial charge is 0.294 e. The Kier molecular flexibility index (Phi) is 6.46. The quantitative estimate of drug-likeness (QED) is 0.588. The van der Waals surface area contributed by atoms with Crippen molar-refractivity contribution in [1.82, 2.24) is 15.1 Å². The van der Waals surface area contributed by atoms with E-state index in [4.69, 9.17) is 9.47 Å². The van der Waals surface area contributed by atoms with Crippen LogP contribution in [0.25, 0.3) is 0 Å². The van der Waals surface area contributed by atoms with Gasteiger partial charge in [0.25, 0.3) is 11.5 Å². The predicted octanol–water partition coefficient (Wildman–Crippen LogP) is 3.36. The Hall–Kier alpha value is -3.72. The fraction of sp³-hybridized carbons (Fsp3) is 0.261. The fourth-order valence-electron chi connectivity index (χ4n) is 3.34. The first kappa shape index (κ1) is 21.5. The zero-order valence-electron chi connectivity index (χ0n) is 17.5. The lowest BCUT2D eigenvalue weighted by atomic mass is 10.1. The molecule has 166 valence electrons. The number of carbonyl (C=O) groups excluding carboxylic acids is 1. The van der Waals surface area contributed by atoms with Gasteiger partial charge in [-0.2, -0.15) is 5.10 Å². The van der Waals surface area contributed by atoms with Gasteiger partial charge in [-0.05, 0) is 55.3 Å². The van der Waals surface area contributed by atoms with E-state index in [0.717, 1.165) is 24.1 Å². The van der Waals surface area contributed by atoms with E-state index < -0.39 is 11.4 Å². The van der Waals surface area contributed by atoms with Crippen LogP contribution in [0.5, 0.6) is 11.5 Å². The van der Waals surface area contributed by atoms with Crippen molar-refractivity contribution in [3.8, 4) is 11.5 Å². The average molecular weight is 438 g/mol. The third kappa shape index (κ3) is 5.12. The SMILES string of the molecule is Cn1ncc(Oc2ccc(F)cc2)c(Nc2cccc(C(=O)NCC3CCCO3)c2)c1=O. The normalized spacial score (nSPS) is 15.4. The van der Waals surface area contributed by atoms with E-state index in [-0.39, 0.29) is 23.4 Å². The van der Waals surface area contributed by atoms with Crippen LogP contribution in [0.4, 0.5) is 15.8 Å². The molecule has 8 nitrogen and oxygen atoms in total. The molecule has 1 fully saturated rings. The van der Waals surface area contributed by atoms with E-state index in [1.165, 1.54) is 37.5 Å². The van der Waals surface area contributed by atoms with Crippen LogP contribution in [0.2, 0.25) is 0 Å². The first-order valence-electron chi connectivity index (χ1n) is 10.3. The van der Waals surface area contributed by atoms with E-state index in [0.29, 0.717) is 23.5 Å². The number of ether oxygens (including phenoxy) is 2. The first-order valence-corrected chi connectivity index (χ1v) is 10.3. The van der Waals surface area contributed by atoms with Crippen molar-refractivity contribution in [1.29, 1.82) is 0 Å². The van der Waals surface area contributed by atoms with Crippen molar-refractivity contribution >= 4 is 17.3 Å². The molecule has 32 heavy (non-hydrogen) atoms. The van der Waals surface area contributed by atoms with Gasteiger partial charge in [-0.25, -0.2) is 9.07 Å². The predicted molar refractivity (Wildman–Crippen MR) is 117 cm³/mol. The van der Waals surface area contributed by atoms with E-state index in [9.17, 15) is 14.0 Å². The van der Waals surface area contributed by atoms with E-state index in [1.54, 1.807) is 24.3 Å². The second-order valence-electron chi connectivity index (χ2n) is 7.42. The summed E-state index contributed by atoms with van der Waals surface area (Å²) in [5, 5.41) is 9.90. The number of carbonyl (C=O) groups is 1. The highest BCUT2D eigenvalue weighted by Gasteiger charge is 2.17. The summed E-state index contributed by atoms with van der Waals surface area (Å²) in [7, 11) is 1.52. The van der Waals surface area contributed by atoms with Crippen molar-refractivity contribution in [3.05, 3.63) is 76.5 Å². The highest BCUT2D eigenvalue weighted by Crippen LogP contribution is 2.28. The van der Waals surface area contributed by atoms with Crippen molar-refractivity contribution in [3.63, 3.8) is 0 Å². The van der Waals surface area contributed by atoms with Gasteiger partial charge in [0.15, 0.2) is 11.4 Å². The molecule has 0 bridgehead atoms. The number of hydrogen-bond acceptors (Lipinski definition) is 6. The molecule has 0 radical (unpaired) electrons. The number of amides is 1. The molecule has 1 atom stereocenters. The van der Waals surface area contributed by atoms with Gasteiger partial charge in [0.2, 0.25) is 0 Å². The van der Waals surface area contributed by atoms with Crippen LogP contribution in [0.3, 0.4) is 0 Å². The van der Waals surface area contributed by atoms with Crippen molar-refractivity contribution in [2.75, 3.05) is 18.5 Å². The maximum absolute atomic E-state index is 13.2. The Bertz CT molecular complexity index is 1160. The Morgan fingerprint density at radius 1 is 1.28 bits per heavy atom. The van der Waals surface area contributed by atoms with E-state index in [1.807, 2.05) is 0 Å². The van der Waals surface area contributed by atoms with Gasteiger partial charge in [0, 0.05) is 31.5 Å². The second kappa shape index (κ2) is 9.61. The number of anilines is 2. The standard InChI is InChI=1S/C23H23FN4O4/c1-28-23(30)21(20(14-26-28)32-18-9-7-16(24)8-10-18)27-17-5-2-4-15(12-17)22(29)25-13-19-6-3-11-31-19/h2,4-5,7-10,12,14,19,27H,3,6,11,13H2,1H3,(H,25,29). The lowest BCUT2D eigenvalue weighted by Gasteiger charge is -2.14. The number of rotatable bonds is 7. The zero-order valence-corrected chi connectivity index (χ0v) is 17.5. The molecule has 2 N–H and O–H groups in total. The molecule has 0 aliphatic carbocycles. The Morgan fingerprint density at radius 3 is 2.84 bits per heavy atom. The summed E-state index contributed by atoms with van der Waals surface area (Å²) in [6.07, 6.45) is 3.38. The van der Waals surface area contributed by atoms with Gasteiger partial charge < -0.3 is 20.1 Å². The van der Waals surface area contributed by atoms with Gasteiger partial charge in [-0.3, -0.25) is 9.59 Å². The molecule has 9 heteroatoms. The highest BCUT2D eigenvalue weighted by atomic mass is 19.1. The van der Waals surface area contributed by atoms with Crippen LogP contribution < -0.4 is 20.9 Å². The summed E-state index contributed by atoms with van der Waals surface area (Å²) in [6, 6.07) is 12.2. The van der Waals surface area contributed by atoms with Crippen LogP contribution in [-0.4, -0.2) is 34.9 Å². The Labute approximate surface area is 184 Å². The Morgan fingerprint density at radius 2 is 2.09 bits per heavy atom. The molecule has 4 rings (SSSR count). The molecule has 1 aromatic heterocycles. The molecule has 1 saturated heterocycles. The average Bonchev–Trinajstić information content (AvgIpc) is 3.32.